The summed E-state index contributed by atoms with van der Waals surface area (Å²) in [4.78, 5) is 10.8. The first-order valence-electron chi connectivity index (χ1n) is 7.06. The first kappa shape index (κ1) is 15.1. The second-order valence-electron chi connectivity index (χ2n) is 4.94. The minimum absolute atomic E-state index is 0.183. The predicted molar refractivity (Wildman–Crippen MR) is 83.0 cm³/mol. The lowest BCUT2D eigenvalue weighted by Crippen LogP contribution is -2.20. The third-order valence-corrected chi connectivity index (χ3v) is 3.33. The van der Waals surface area contributed by atoms with Crippen LogP contribution in [0.15, 0.2) is 40.8 Å². The van der Waals surface area contributed by atoms with Gasteiger partial charge in [0.25, 0.3) is 0 Å². The Kier molecular flexibility index (Phi) is 5.00. The van der Waals surface area contributed by atoms with Gasteiger partial charge in [0.2, 0.25) is 0 Å². The van der Waals surface area contributed by atoms with Crippen molar-refractivity contribution in [1.82, 2.24) is 5.32 Å². The van der Waals surface area contributed by atoms with Crippen LogP contribution >= 0.6 is 0 Å². The van der Waals surface area contributed by atoms with Crippen LogP contribution in [-0.4, -0.2) is 6.03 Å². The molecule has 0 fully saturated rings. The number of carbonyl (C=O) groups excluding carboxylic acids is 1. The summed E-state index contributed by atoms with van der Waals surface area (Å²) >= 11 is 0. The van der Waals surface area contributed by atoms with Gasteiger partial charge in [-0.15, -0.1) is 0 Å². The Labute approximate surface area is 124 Å². The molecule has 21 heavy (non-hydrogen) atoms. The van der Waals surface area contributed by atoms with Gasteiger partial charge < -0.3 is 20.8 Å². The summed E-state index contributed by atoms with van der Waals surface area (Å²) in [5.41, 5.74) is 6.90. The molecule has 0 aliphatic rings. The highest BCUT2D eigenvalue weighted by Crippen LogP contribution is 2.17. The number of primary amides is 1. The highest BCUT2D eigenvalue weighted by molar-refractivity contribution is 5.87. The molecule has 1 atom stereocenters. The summed E-state index contributed by atoms with van der Waals surface area (Å²) in [7, 11) is 0. The second-order valence-corrected chi connectivity index (χ2v) is 4.94. The van der Waals surface area contributed by atoms with E-state index in [2.05, 4.69) is 24.5 Å². The zero-order valence-corrected chi connectivity index (χ0v) is 12.3. The lowest BCUT2D eigenvalue weighted by atomic mass is 10.1. The highest BCUT2D eigenvalue weighted by atomic mass is 16.3. The standard InChI is InChI=1S/C16H21N3O2/c1-3-14-8-9-15(21-14)10-18-11(2)12-4-6-13(7-5-12)19-16(17)20/h4-9,11,18H,3,10H2,1-2H3,(H3,17,19,20). The number of nitrogens with two attached hydrogens (primary N) is 1. The highest BCUT2D eigenvalue weighted by Gasteiger charge is 2.07. The smallest absolute Gasteiger partial charge is 0.316 e. The first-order valence-corrected chi connectivity index (χ1v) is 7.06. The van der Waals surface area contributed by atoms with E-state index in [0.717, 1.165) is 23.5 Å². The van der Waals surface area contributed by atoms with E-state index in [4.69, 9.17) is 10.2 Å². The molecule has 1 aromatic carbocycles. The monoisotopic (exact) mass is 287 g/mol. The molecule has 0 saturated carbocycles. The largest absolute Gasteiger partial charge is 0.465 e. The molecule has 0 aliphatic heterocycles. The number of hydrogen-bond donors (Lipinski definition) is 3. The molecule has 0 bridgehead atoms. The van der Waals surface area contributed by atoms with Crippen molar-refractivity contribution < 1.29 is 9.21 Å². The zero-order chi connectivity index (χ0) is 15.2. The summed E-state index contributed by atoms with van der Waals surface area (Å²) in [6.45, 7) is 4.84. The number of nitrogens with one attached hydrogen (secondary N) is 2. The molecule has 5 heteroatoms. The van der Waals surface area contributed by atoms with Crippen LogP contribution in [0.4, 0.5) is 10.5 Å². The van der Waals surface area contributed by atoms with Crippen LogP contribution in [0, 0.1) is 0 Å². The van der Waals surface area contributed by atoms with Crippen molar-refractivity contribution in [3.8, 4) is 0 Å². The molecular weight excluding hydrogens is 266 g/mol. The molecule has 2 aromatic rings. The minimum Gasteiger partial charge on any atom is -0.465 e. The van der Waals surface area contributed by atoms with Gasteiger partial charge in [0.05, 0.1) is 6.54 Å². The number of anilines is 1. The fourth-order valence-electron chi connectivity index (χ4n) is 2.08. The Hall–Kier alpha value is -2.27. The minimum atomic E-state index is -0.557. The summed E-state index contributed by atoms with van der Waals surface area (Å²) in [5, 5.41) is 5.95. The van der Waals surface area contributed by atoms with Gasteiger partial charge in [0.15, 0.2) is 0 Å². The quantitative estimate of drug-likeness (QED) is 0.763. The zero-order valence-electron chi connectivity index (χ0n) is 12.3. The first-order chi connectivity index (χ1) is 10.1. The fraction of sp³-hybridized carbons (Fsp3) is 0.312. The summed E-state index contributed by atoms with van der Waals surface area (Å²) in [6, 6.07) is 11.2. The normalized spacial score (nSPS) is 12.1. The number of benzene rings is 1. The summed E-state index contributed by atoms with van der Waals surface area (Å²) in [6.07, 6.45) is 0.907. The Morgan fingerprint density at radius 3 is 2.43 bits per heavy atom. The molecule has 4 N–H and O–H groups in total. The molecule has 2 amide bonds. The van der Waals surface area contributed by atoms with E-state index in [9.17, 15) is 4.79 Å². The molecular formula is C16H21N3O2. The van der Waals surface area contributed by atoms with Crippen molar-refractivity contribution >= 4 is 11.7 Å². The molecule has 0 spiro atoms. The Bertz CT molecular complexity index is 590. The topological polar surface area (TPSA) is 80.3 Å². The van der Waals surface area contributed by atoms with Gasteiger partial charge in [-0.2, -0.15) is 0 Å². The number of furan rings is 1. The van der Waals surface area contributed by atoms with E-state index in [1.54, 1.807) is 0 Å². The van der Waals surface area contributed by atoms with Crippen molar-refractivity contribution in [3.05, 3.63) is 53.5 Å². The van der Waals surface area contributed by atoms with Crippen LogP contribution in [0.3, 0.4) is 0 Å². The van der Waals surface area contributed by atoms with Gasteiger partial charge in [0.1, 0.15) is 11.5 Å². The Morgan fingerprint density at radius 2 is 1.86 bits per heavy atom. The lowest BCUT2D eigenvalue weighted by molar-refractivity contribution is 0.259. The number of hydrogen-bond acceptors (Lipinski definition) is 3. The number of carbonyl (C=O) groups is 1. The van der Waals surface area contributed by atoms with Gasteiger partial charge in [0, 0.05) is 18.2 Å². The van der Waals surface area contributed by atoms with E-state index < -0.39 is 6.03 Å². The Morgan fingerprint density at radius 1 is 1.19 bits per heavy atom. The lowest BCUT2D eigenvalue weighted by Gasteiger charge is -2.14. The van der Waals surface area contributed by atoms with E-state index in [0.29, 0.717) is 12.2 Å². The van der Waals surface area contributed by atoms with Gasteiger partial charge in [-0.25, -0.2) is 4.79 Å². The molecule has 5 nitrogen and oxygen atoms in total. The third-order valence-electron chi connectivity index (χ3n) is 3.33. The number of aryl methyl sites for hydroxylation is 1. The second kappa shape index (κ2) is 6.95. The van der Waals surface area contributed by atoms with Crippen molar-refractivity contribution in [2.24, 2.45) is 5.73 Å². The van der Waals surface area contributed by atoms with Crippen molar-refractivity contribution in [1.29, 1.82) is 0 Å². The molecule has 0 aliphatic carbocycles. The van der Waals surface area contributed by atoms with Gasteiger partial charge in [-0.1, -0.05) is 19.1 Å². The van der Waals surface area contributed by atoms with E-state index in [-0.39, 0.29) is 6.04 Å². The Balaban J connectivity index is 1.90. The predicted octanol–water partition coefficient (Wildman–Crippen LogP) is 3.18. The molecule has 1 aromatic heterocycles. The third kappa shape index (κ3) is 4.36. The van der Waals surface area contributed by atoms with Crippen LogP contribution in [0.2, 0.25) is 0 Å². The van der Waals surface area contributed by atoms with Crippen LogP contribution in [-0.2, 0) is 13.0 Å². The van der Waals surface area contributed by atoms with E-state index in [1.165, 1.54) is 0 Å². The molecule has 112 valence electrons. The number of rotatable bonds is 6. The van der Waals surface area contributed by atoms with Crippen molar-refractivity contribution in [2.45, 2.75) is 32.9 Å². The van der Waals surface area contributed by atoms with Gasteiger partial charge >= 0.3 is 6.03 Å². The van der Waals surface area contributed by atoms with E-state index in [1.807, 2.05) is 36.4 Å². The average molecular weight is 287 g/mol. The SMILES string of the molecule is CCc1ccc(CNC(C)c2ccc(NC(N)=O)cc2)o1. The molecule has 1 unspecified atom stereocenters. The van der Waals surface area contributed by atoms with Gasteiger partial charge in [-0.05, 0) is 36.8 Å². The molecule has 2 rings (SSSR count). The number of urea groups is 1. The summed E-state index contributed by atoms with van der Waals surface area (Å²) in [5.74, 6) is 1.94. The molecule has 1 heterocycles. The summed E-state index contributed by atoms with van der Waals surface area (Å²) < 4.78 is 5.66. The average Bonchev–Trinajstić information content (AvgIpc) is 2.93. The van der Waals surface area contributed by atoms with E-state index >= 15 is 0 Å². The van der Waals surface area contributed by atoms with Gasteiger partial charge in [-0.3, -0.25) is 0 Å². The van der Waals surface area contributed by atoms with Crippen molar-refractivity contribution in [2.75, 3.05) is 5.32 Å². The fourth-order valence-corrected chi connectivity index (χ4v) is 2.08. The maximum atomic E-state index is 10.8. The van der Waals surface area contributed by atoms with Crippen LogP contribution in [0.1, 0.15) is 37.0 Å². The van der Waals surface area contributed by atoms with Crippen LogP contribution in [0.5, 0.6) is 0 Å². The van der Waals surface area contributed by atoms with Crippen LogP contribution < -0.4 is 16.4 Å². The van der Waals surface area contributed by atoms with Crippen LogP contribution in [0.25, 0.3) is 0 Å². The maximum Gasteiger partial charge on any atom is 0.316 e. The van der Waals surface area contributed by atoms with Crippen molar-refractivity contribution in [3.63, 3.8) is 0 Å². The number of amides is 2. The molecule has 0 radical (unpaired) electrons. The maximum absolute atomic E-state index is 10.8. The molecule has 0 saturated heterocycles.